The number of phenols is 1. The Morgan fingerprint density at radius 3 is 2.89 bits per heavy atom. The minimum absolute atomic E-state index is 0.0704. The maximum absolute atomic E-state index is 11.7. The molecule has 0 saturated heterocycles. The first-order valence-electron chi connectivity index (χ1n) is 5.76. The Bertz CT molecular complexity index is 637. The van der Waals surface area contributed by atoms with E-state index in [9.17, 15) is 14.7 Å². The zero-order valence-corrected chi connectivity index (χ0v) is 10.1. The van der Waals surface area contributed by atoms with Gasteiger partial charge in [0.05, 0.1) is 6.33 Å². The van der Waals surface area contributed by atoms with Crippen molar-refractivity contribution in [1.29, 1.82) is 0 Å². The zero-order valence-electron chi connectivity index (χ0n) is 10.1. The van der Waals surface area contributed by atoms with Crippen molar-refractivity contribution in [2.45, 2.75) is 6.42 Å². The second kappa shape index (κ2) is 5.81. The number of para-hydroxylation sites is 1. The molecule has 1 heterocycles. The molecule has 1 aromatic heterocycles. The maximum Gasteiger partial charge on any atom is 0.270 e. The van der Waals surface area contributed by atoms with Crippen LogP contribution in [0.4, 0.5) is 0 Å². The molecule has 0 aliphatic rings. The van der Waals surface area contributed by atoms with Crippen LogP contribution in [0.25, 0.3) is 0 Å². The van der Waals surface area contributed by atoms with Gasteiger partial charge >= 0.3 is 0 Å². The number of carbonyl (C=O) groups excluding carboxylic acids is 1. The summed E-state index contributed by atoms with van der Waals surface area (Å²) in [5.74, 6) is -0.215. The first-order valence-corrected chi connectivity index (χ1v) is 5.76. The van der Waals surface area contributed by atoms with Gasteiger partial charge in [0.2, 0.25) is 0 Å². The third-order valence-corrected chi connectivity index (χ3v) is 2.58. The molecule has 0 radical (unpaired) electrons. The van der Waals surface area contributed by atoms with Crippen LogP contribution in [0.1, 0.15) is 16.1 Å². The van der Waals surface area contributed by atoms with Crippen molar-refractivity contribution < 1.29 is 9.90 Å². The van der Waals surface area contributed by atoms with Crippen LogP contribution >= 0.6 is 0 Å². The number of rotatable bonds is 4. The summed E-state index contributed by atoms with van der Waals surface area (Å²) in [5, 5.41) is 12.2. The van der Waals surface area contributed by atoms with Gasteiger partial charge in [0.1, 0.15) is 11.4 Å². The summed E-state index contributed by atoms with van der Waals surface area (Å²) < 4.78 is 0. The highest BCUT2D eigenvalue weighted by atomic mass is 16.3. The molecule has 0 unspecified atom stereocenters. The average molecular weight is 259 g/mol. The van der Waals surface area contributed by atoms with Gasteiger partial charge in [-0.3, -0.25) is 9.59 Å². The van der Waals surface area contributed by atoms with E-state index in [1.54, 1.807) is 18.2 Å². The Morgan fingerprint density at radius 2 is 2.16 bits per heavy atom. The molecule has 1 amide bonds. The summed E-state index contributed by atoms with van der Waals surface area (Å²) in [5.41, 5.74) is 0.448. The van der Waals surface area contributed by atoms with Crippen LogP contribution in [0.5, 0.6) is 5.75 Å². The minimum Gasteiger partial charge on any atom is -0.508 e. The number of benzene rings is 1. The van der Waals surface area contributed by atoms with Crippen LogP contribution in [0.3, 0.4) is 0 Å². The van der Waals surface area contributed by atoms with E-state index in [0.29, 0.717) is 13.0 Å². The minimum atomic E-state index is -0.415. The van der Waals surface area contributed by atoms with E-state index in [0.717, 1.165) is 11.6 Å². The van der Waals surface area contributed by atoms with Gasteiger partial charge in [-0.25, -0.2) is 4.98 Å². The molecule has 2 aromatic rings. The standard InChI is InChI=1S/C13H13N3O3/c17-11-4-2-1-3-9(11)5-6-14-13(19)10-7-12(18)16-8-15-10/h1-4,7-8,17H,5-6H2,(H,14,19)(H,15,16,18). The molecule has 2 rings (SSSR count). The van der Waals surface area contributed by atoms with E-state index in [1.807, 2.05) is 6.07 Å². The molecule has 0 spiro atoms. The number of carbonyl (C=O) groups is 1. The van der Waals surface area contributed by atoms with Crippen LogP contribution < -0.4 is 10.9 Å². The van der Waals surface area contributed by atoms with Crippen LogP contribution in [0, 0.1) is 0 Å². The smallest absolute Gasteiger partial charge is 0.270 e. The summed E-state index contributed by atoms with van der Waals surface area (Å²) in [7, 11) is 0. The van der Waals surface area contributed by atoms with Crippen molar-refractivity contribution in [2.75, 3.05) is 6.54 Å². The van der Waals surface area contributed by atoms with Crippen molar-refractivity contribution in [2.24, 2.45) is 0 Å². The number of nitrogens with zero attached hydrogens (tertiary/aromatic N) is 1. The summed E-state index contributed by atoms with van der Waals surface area (Å²) in [6, 6.07) is 8.06. The fraction of sp³-hybridized carbons (Fsp3) is 0.154. The van der Waals surface area contributed by atoms with Crippen LogP contribution in [0.15, 0.2) is 41.5 Å². The predicted octanol–water partition coefficient (Wildman–Crippen LogP) is 0.448. The molecular formula is C13H13N3O3. The highest BCUT2D eigenvalue weighted by molar-refractivity contribution is 5.91. The second-order valence-electron chi connectivity index (χ2n) is 3.93. The number of aromatic hydroxyl groups is 1. The molecule has 0 aliphatic carbocycles. The number of amides is 1. The molecule has 19 heavy (non-hydrogen) atoms. The fourth-order valence-electron chi connectivity index (χ4n) is 1.62. The lowest BCUT2D eigenvalue weighted by Crippen LogP contribution is -2.27. The third-order valence-electron chi connectivity index (χ3n) is 2.58. The van der Waals surface area contributed by atoms with Crippen molar-refractivity contribution >= 4 is 5.91 Å². The average Bonchev–Trinajstić information content (AvgIpc) is 2.41. The van der Waals surface area contributed by atoms with E-state index >= 15 is 0 Å². The van der Waals surface area contributed by atoms with Gasteiger partial charge in [-0.05, 0) is 18.1 Å². The lowest BCUT2D eigenvalue weighted by Gasteiger charge is -2.06. The van der Waals surface area contributed by atoms with Crippen LogP contribution in [0.2, 0.25) is 0 Å². The predicted molar refractivity (Wildman–Crippen MR) is 69.0 cm³/mol. The maximum atomic E-state index is 11.7. The SMILES string of the molecule is O=C(NCCc1ccccc1O)c1cc(=O)[nH]cn1. The molecular weight excluding hydrogens is 246 g/mol. The number of aromatic nitrogens is 2. The van der Waals surface area contributed by atoms with Gasteiger partial charge < -0.3 is 15.4 Å². The van der Waals surface area contributed by atoms with Crippen LogP contribution in [-0.4, -0.2) is 27.5 Å². The van der Waals surface area contributed by atoms with E-state index in [-0.39, 0.29) is 17.0 Å². The molecule has 0 fully saturated rings. The number of hydrogen-bond acceptors (Lipinski definition) is 4. The largest absolute Gasteiger partial charge is 0.508 e. The Balaban J connectivity index is 1.91. The summed E-state index contributed by atoms with van der Waals surface area (Å²) >= 11 is 0. The molecule has 3 N–H and O–H groups in total. The topological polar surface area (TPSA) is 95.1 Å². The molecule has 0 bridgehead atoms. The Labute approximate surface area is 109 Å². The van der Waals surface area contributed by atoms with Gasteiger partial charge in [-0.1, -0.05) is 18.2 Å². The zero-order chi connectivity index (χ0) is 13.7. The van der Waals surface area contributed by atoms with E-state index in [4.69, 9.17) is 0 Å². The number of hydrogen-bond donors (Lipinski definition) is 3. The molecule has 1 aromatic carbocycles. The number of H-pyrrole nitrogens is 1. The van der Waals surface area contributed by atoms with Crippen molar-refractivity contribution in [1.82, 2.24) is 15.3 Å². The molecule has 6 heteroatoms. The number of aromatic amines is 1. The van der Waals surface area contributed by atoms with Gasteiger partial charge in [0, 0.05) is 12.6 Å². The van der Waals surface area contributed by atoms with Crippen molar-refractivity contribution in [3.63, 3.8) is 0 Å². The lowest BCUT2D eigenvalue weighted by atomic mass is 10.1. The monoisotopic (exact) mass is 259 g/mol. The summed E-state index contributed by atoms with van der Waals surface area (Å²) in [6.45, 7) is 0.352. The third kappa shape index (κ3) is 3.41. The number of nitrogens with one attached hydrogen (secondary N) is 2. The fourth-order valence-corrected chi connectivity index (χ4v) is 1.62. The van der Waals surface area contributed by atoms with E-state index in [2.05, 4.69) is 15.3 Å². The van der Waals surface area contributed by atoms with Gasteiger partial charge in [-0.2, -0.15) is 0 Å². The number of phenolic OH excluding ortho intramolecular Hbond substituents is 1. The highest BCUT2D eigenvalue weighted by Crippen LogP contribution is 2.15. The van der Waals surface area contributed by atoms with Gasteiger partial charge in [-0.15, -0.1) is 0 Å². The Hall–Kier alpha value is -2.63. The Kier molecular flexibility index (Phi) is 3.92. The Morgan fingerprint density at radius 1 is 1.37 bits per heavy atom. The van der Waals surface area contributed by atoms with Crippen molar-refractivity contribution in [3.8, 4) is 5.75 Å². The lowest BCUT2D eigenvalue weighted by molar-refractivity contribution is 0.0948. The normalized spacial score (nSPS) is 10.1. The van der Waals surface area contributed by atoms with Gasteiger partial charge in [0.25, 0.3) is 11.5 Å². The quantitative estimate of drug-likeness (QED) is 0.742. The van der Waals surface area contributed by atoms with Crippen molar-refractivity contribution in [3.05, 3.63) is 58.3 Å². The molecule has 6 nitrogen and oxygen atoms in total. The van der Waals surface area contributed by atoms with Crippen LogP contribution in [-0.2, 0) is 6.42 Å². The summed E-state index contributed by atoms with van der Waals surface area (Å²) in [6.07, 6.45) is 1.68. The molecule has 0 saturated carbocycles. The molecule has 98 valence electrons. The first kappa shape index (κ1) is 12.8. The summed E-state index contributed by atoms with van der Waals surface area (Å²) in [4.78, 5) is 28.8. The first-order chi connectivity index (χ1) is 9.16. The molecule has 0 aliphatic heterocycles. The van der Waals surface area contributed by atoms with E-state index < -0.39 is 5.91 Å². The molecule has 0 atom stereocenters. The van der Waals surface area contributed by atoms with Gasteiger partial charge in [0.15, 0.2) is 0 Å². The highest BCUT2D eigenvalue weighted by Gasteiger charge is 2.07. The second-order valence-corrected chi connectivity index (χ2v) is 3.93. The van der Waals surface area contributed by atoms with E-state index in [1.165, 1.54) is 6.33 Å².